The van der Waals surface area contributed by atoms with Gasteiger partial charge in [-0.3, -0.25) is 0 Å². The fourth-order valence-electron chi connectivity index (χ4n) is 2.74. The molecule has 2 aromatic carbocycles. The lowest BCUT2D eigenvalue weighted by Crippen LogP contribution is -2.04. The van der Waals surface area contributed by atoms with Gasteiger partial charge in [0.1, 0.15) is 0 Å². The van der Waals surface area contributed by atoms with Crippen molar-refractivity contribution in [2.45, 2.75) is 6.18 Å². The normalized spacial score (nSPS) is 12.5. The van der Waals surface area contributed by atoms with Crippen molar-refractivity contribution in [3.8, 4) is 5.69 Å². The first-order valence-corrected chi connectivity index (χ1v) is 8.37. The zero-order chi connectivity index (χ0) is 20.1. The van der Waals surface area contributed by atoms with Gasteiger partial charge in [0, 0.05) is 24.2 Å². The number of carbonyl (C=O) groups is 1. The highest BCUT2D eigenvalue weighted by atomic mass is 19.4. The number of hydrogen-bond donors (Lipinski definition) is 1. The van der Waals surface area contributed by atoms with E-state index in [9.17, 15) is 18.0 Å². The lowest BCUT2D eigenvalue weighted by molar-refractivity contribution is -0.137. The molecule has 3 rings (SSSR count). The molecule has 142 valence electrons. The molecule has 1 aromatic heterocycles. The minimum Gasteiger partial charge on any atom is -0.478 e. The maximum atomic E-state index is 12.8. The smallest absolute Gasteiger partial charge is 0.416 e. The van der Waals surface area contributed by atoms with Gasteiger partial charge in [-0.15, -0.1) is 0 Å². The monoisotopic (exact) mass is 383 g/mol. The molecule has 3 aromatic rings. The van der Waals surface area contributed by atoms with Gasteiger partial charge in [-0.1, -0.05) is 36.4 Å². The lowest BCUT2D eigenvalue weighted by Gasteiger charge is -2.12. The molecule has 0 unspecified atom stereocenters. The molecule has 0 fully saturated rings. The number of halogens is 3. The number of aliphatic carboxylic acids is 1. The summed E-state index contributed by atoms with van der Waals surface area (Å²) in [6, 6.07) is 16.0. The van der Waals surface area contributed by atoms with E-state index in [0.29, 0.717) is 11.1 Å². The molecule has 0 amide bonds. The number of nitrogens with zero attached hydrogens (tertiary/aromatic N) is 1. The molecule has 28 heavy (non-hydrogen) atoms. The summed E-state index contributed by atoms with van der Waals surface area (Å²) in [5.74, 6) is -1.11. The number of allylic oxidation sites excluding steroid dienone is 2. The molecule has 0 radical (unpaired) electrons. The second-order valence-corrected chi connectivity index (χ2v) is 5.99. The largest absolute Gasteiger partial charge is 0.478 e. The van der Waals surface area contributed by atoms with E-state index in [0.717, 1.165) is 29.5 Å². The Balaban J connectivity index is 1.99. The third-order valence-electron chi connectivity index (χ3n) is 4.11. The van der Waals surface area contributed by atoms with Crippen LogP contribution in [-0.2, 0) is 11.0 Å². The molecular weight excluding hydrogens is 367 g/mol. The van der Waals surface area contributed by atoms with Gasteiger partial charge in [-0.2, -0.15) is 13.2 Å². The molecule has 3 nitrogen and oxygen atoms in total. The van der Waals surface area contributed by atoms with Gasteiger partial charge in [0.15, 0.2) is 0 Å². The van der Waals surface area contributed by atoms with Crippen LogP contribution in [-0.4, -0.2) is 15.6 Å². The molecule has 0 saturated heterocycles. The molecule has 0 atom stereocenters. The number of alkyl halides is 3. The Kier molecular flexibility index (Phi) is 5.49. The van der Waals surface area contributed by atoms with Crippen molar-refractivity contribution in [1.82, 2.24) is 4.57 Å². The summed E-state index contributed by atoms with van der Waals surface area (Å²) in [5, 5.41) is 8.79. The minimum atomic E-state index is -4.41. The molecule has 0 spiro atoms. The van der Waals surface area contributed by atoms with Crippen LogP contribution < -0.4 is 0 Å². The number of benzene rings is 2. The zero-order valence-electron chi connectivity index (χ0n) is 14.6. The van der Waals surface area contributed by atoms with Crippen LogP contribution in [0.3, 0.4) is 0 Å². The predicted octanol–water partition coefficient (Wildman–Crippen LogP) is 5.57. The van der Waals surface area contributed by atoms with E-state index >= 15 is 0 Å². The van der Waals surface area contributed by atoms with Crippen molar-refractivity contribution in [2.75, 3.05) is 0 Å². The van der Waals surface area contributed by atoms with E-state index in [1.165, 1.54) is 18.2 Å². The molecule has 0 aliphatic rings. The molecule has 6 heteroatoms. The van der Waals surface area contributed by atoms with Gasteiger partial charge in [-0.05, 0) is 53.1 Å². The molecule has 0 aliphatic carbocycles. The molecular formula is C22H16F3NO2. The van der Waals surface area contributed by atoms with Crippen LogP contribution in [0.4, 0.5) is 13.2 Å². The third-order valence-corrected chi connectivity index (χ3v) is 4.11. The average Bonchev–Trinajstić information content (AvgIpc) is 3.19. The molecule has 0 aliphatic heterocycles. The summed E-state index contributed by atoms with van der Waals surface area (Å²) < 4.78 is 40.4. The quantitative estimate of drug-likeness (QED) is 0.462. The fraction of sp³-hybridized carbons (Fsp3) is 0.0455. The van der Waals surface area contributed by atoms with Crippen LogP contribution in [0, 0.1) is 0 Å². The first-order valence-electron chi connectivity index (χ1n) is 8.37. The van der Waals surface area contributed by atoms with E-state index < -0.39 is 17.7 Å². The van der Waals surface area contributed by atoms with Crippen LogP contribution >= 0.6 is 0 Å². The SMILES string of the molecule is O=C(O)C=CC=C(c1ccc(-n2cccc2)cc1)c1ccc(C(F)(F)F)cc1. The Bertz CT molecular complexity index is 997. The Hall–Kier alpha value is -3.54. The van der Waals surface area contributed by atoms with Crippen LogP contribution in [0.15, 0.2) is 91.3 Å². The first-order chi connectivity index (χ1) is 13.3. The van der Waals surface area contributed by atoms with E-state index in [-0.39, 0.29) is 0 Å². The van der Waals surface area contributed by atoms with Gasteiger partial charge >= 0.3 is 12.1 Å². The highest BCUT2D eigenvalue weighted by Gasteiger charge is 2.30. The average molecular weight is 383 g/mol. The van der Waals surface area contributed by atoms with Crippen LogP contribution in [0.2, 0.25) is 0 Å². The van der Waals surface area contributed by atoms with Gasteiger partial charge < -0.3 is 9.67 Å². The topological polar surface area (TPSA) is 42.2 Å². The van der Waals surface area contributed by atoms with Crippen molar-refractivity contribution >= 4 is 11.5 Å². The van der Waals surface area contributed by atoms with Crippen molar-refractivity contribution in [3.63, 3.8) is 0 Å². The number of aromatic nitrogens is 1. The Morgan fingerprint density at radius 2 is 1.43 bits per heavy atom. The zero-order valence-corrected chi connectivity index (χ0v) is 14.6. The lowest BCUT2D eigenvalue weighted by atomic mass is 9.96. The van der Waals surface area contributed by atoms with Gasteiger partial charge in [-0.25, -0.2) is 4.79 Å². The Labute approximate surface area is 159 Å². The van der Waals surface area contributed by atoms with Crippen LogP contribution in [0.25, 0.3) is 11.3 Å². The fourth-order valence-corrected chi connectivity index (χ4v) is 2.74. The van der Waals surface area contributed by atoms with E-state index in [2.05, 4.69) is 0 Å². The van der Waals surface area contributed by atoms with E-state index in [4.69, 9.17) is 5.11 Å². The molecule has 1 N–H and O–H groups in total. The number of hydrogen-bond acceptors (Lipinski definition) is 1. The number of carboxylic acids is 1. The second-order valence-electron chi connectivity index (χ2n) is 5.99. The maximum absolute atomic E-state index is 12.8. The summed E-state index contributed by atoms with van der Waals surface area (Å²) >= 11 is 0. The van der Waals surface area contributed by atoms with Gasteiger partial charge in [0.2, 0.25) is 0 Å². The van der Waals surface area contributed by atoms with E-state index in [1.54, 1.807) is 6.08 Å². The third kappa shape index (κ3) is 4.59. The maximum Gasteiger partial charge on any atom is 0.416 e. The standard InChI is InChI=1S/C22H16F3NO2/c23-22(24,25)18-10-6-16(7-11-18)20(4-3-5-21(27)28)17-8-12-19(13-9-17)26-14-1-2-15-26/h1-15H,(H,27,28). The Morgan fingerprint density at radius 1 is 0.893 bits per heavy atom. The van der Waals surface area contributed by atoms with Gasteiger partial charge in [0.05, 0.1) is 5.56 Å². The Morgan fingerprint density at radius 3 is 1.93 bits per heavy atom. The predicted molar refractivity (Wildman–Crippen MR) is 101 cm³/mol. The summed E-state index contributed by atoms with van der Waals surface area (Å²) in [6.07, 6.45) is 3.29. The van der Waals surface area contributed by atoms with Crippen molar-refractivity contribution < 1.29 is 23.1 Å². The number of carboxylic acid groups (broad SMARTS) is 1. The van der Waals surface area contributed by atoms with Gasteiger partial charge in [0.25, 0.3) is 0 Å². The first kappa shape index (κ1) is 19.2. The van der Waals surface area contributed by atoms with Crippen LogP contribution in [0.5, 0.6) is 0 Å². The summed E-state index contributed by atoms with van der Waals surface area (Å²) in [7, 11) is 0. The van der Waals surface area contributed by atoms with Crippen molar-refractivity contribution in [3.05, 3.63) is 108 Å². The highest BCUT2D eigenvalue weighted by molar-refractivity contribution is 5.84. The van der Waals surface area contributed by atoms with Crippen molar-refractivity contribution in [2.24, 2.45) is 0 Å². The minimum absolute atomic E-state index is 0.553. The summed E-state index contributed by atoms with van der Waals surface area (Å²) in [5.41, 5.74) is 2.12. The molecule has 0 saturated carbocycles. The van der Waals surface area contributed by atoms with Crippen molar-refractivity contribution in [1.29, 1.82) is 0 Å². The number of rotatable bonds is 5. The summed E-state index contributed by atoms with van der Waals surface area (Å²) in [4.78, 5) is 10.7. The van der Waals surface area contributed by atoms with Crippen LogP contribution in [0.1, 0.15) is 16.7 Å². The molecule has 0 bridgehead atoms. The van der Waals surface area contributed by atoms with E-state index in [1.807, 2.05) is 53.4 Å². The molecule has 1 heterocycles. The summed E-state index contributed by atoms with van der Waals surface area (Å²) in [6.45, 7) is 0. The second kappa shape index (κ2) is 8.00. The highest BCUT2D eigenvalue weighted by Crippen LogP contribution is 2.31.